The summed E-state index contributed by atoms with van der Waals surface area (Å²) in [7, 11) is 0. The highest BCUT2D eigenvalue weighted by molar-refractivity contribution is 5.64. The van der Waals surface area contributed by atoms with E-state index in [2.05, 4.69) is 26.7 Å². The molecule has 1 heterocycles. The van der Waals surface area contributed by atoms with Gasteiger partial charge in [0.2, 0.25) is 5.95 Å². The van der Waals surface area contributed by atoms with E-state index in [-0.39, 0.29) is 5.82 Å². The predicted octanol–water partition coefficient (Wildman–Crippen LogP) is 3.84. The summed E-state index contributed by atoms with van der Waals surface area (Å²) in [6.45, 7) is 0.485. The molecule has 0 bridgehead atoms. The van der Waals surface area contributed by atoms with Gasteiger partial charge in [-0.1, -0.05) is 24.3 Å². The van der Waals surface area contributed by atoms with E-state index in [4.69, 9.17) is 5.26 Å². The van der Waals surface area contributed by atoms with Gasteiger partial charge in [-0.2, -0.15) is 10.2 Å². The first-order valence-corrected chi connectivity index (χ1v) is 7.32. The molecule has 0 aliphatic heterocycles. The number of halogens is 1. The number of rotatable bonds is 5. The molecule has 118 valence electrons. The molecule has 0 fully saturated rings. The third-order valence-corrected chi connectivity index (χ3v) is 3.33. The van der Waals surface area contributed by atoms with Crippen LogP contribution in [0.5, 0.6) is 0 Å². The van der Waals surface area contributed by atoms with Crippen LogP contribution in [0.15, 0.2) is 60.8 Å². The Hall–Kier alpha value is -3.46. The Balaban J connectivity index is 1.70. The molecule has 2 N–H and O–H groups in total. The molecule has 24 heavy (non-hydrogen) atoms. The molecule has 0 radical (unpaired) electrons. The molecular formula is C18H14FN5. The van der Waals surface area contributed by atoms with E-state index >= 15 is 0 Å². The summed E-state index contributed by atoms with van der Waals surface area (Å²) in [6.07, 6.45) is 1.62. The van der Waals surface area contributed by atoms with Crippen LogP contribution < -0.4 is 10.6 Å². The number of aromatic nitrogens is 2. The lowest BCUT2D eigenvalue weighted by Gasteiger charge is -2.09. The van der Waals surface area contributed by atoms with E-state index in [0.717, 1.165) is 5.56 Å². The van der Waals surface area contributed by atoms with E-state index in [1.54, 1.807) is 36.5 Å². The lowest BCUT2D eigenvalue weighted by Crippen LogP contribution is -2.05. The minimum Gasteiger partial charge on any atom is -0.350 e. The Morgan fingerprint density at radius 3 is 2.62 bits per heavy atom. The van der Waals surface area contributed by atoms with E-state index in [1.807, 2.05) is 12.1 Å². The average Bonchev–Trinajstić information content (AvgIpc) is 2.62. The van der Waals surface area contributed by atoms with Crippen molar-refractivity contribution in [3.05, 3.63) is 77.7 Å². The minimum atomic E-state index is -0.266. The molecule has 0 saturated carbocycles. The van der Waals surface area contributed by atoms with Gasteiger partial charge in [0, 0.05) is 12.7 Å². The third-order valence-electron chi connectivity index (χ3n) is 3.33. The average molecular weight is 319 g/mol. The fourth-order valence-electron chi connectivity index (χ4n) is 2.12. The van der Waals surface area contributed by atoms with Crippen molar-refractivity contribution in [2.45, 2.75) is 6.54 Å². The van der Waals surface area contributed by atoms with Crippen molar-refractivity contribution in [3.63, 3.8) is 0 Å². The van der Waals surface area contributed by atoms with Gasteiger partial charge in [0.25, 0.3) is 0 Å². The second-order valence-corrected chi connectivity index (χ2v) is 5.03. The van der Waals surface area contributed by atoms with Gasteiger partial charge in [-0.3, -0.25) is 0 Å². The van der Waals surface area contributed by atoms with Crippen LogP contribution in [0.25, 0.3) is 0 Å². The number of nitriles is 1. The van der Waals surface area contributed by atoms with Crippen LogP contribution in [-0.4, -0.2) is 9.97 Å². The van der Waals surface area contributed by atoms with Gasteiger partial charge in [0.05, 0.1) is 11.3 Å². The van der Waals surface area contributed by atoms with Crippen LogP contribution in [-0.2, 0) is 6.54 Å². The summed E-state index contributed by atoms with van der Waals surface area (Å²) in [5.41, 5.74) is 2.15. The Morgan fingerprint density at radius 2 is 1.83 bits per heavy atom. The van der Waals surface area contributed by atoms with Crippen molar-refractivity contribution in [1.29, 1.82) is 5.26 Å². The molecule has 0 aliphatic rings. The van der Waals surface area contributed by atoms with Crippen LogP contribution in [0.4, 0.5) is 21.8 Å². The summed E-state index contributed by atoms with van der Waals surface area (Å²) >= 11 is 0. The SMILES string of the molecule is N#Cc1ccccc1Nc1ccnc(NCc2ccc(F)cc2)n1. The monoisotopic (exact) mass is 319 g/mol. The van der Waals surface area contributed by atoms with Gasteiger partial charge >= 0.3 is 0 Å². The largest absolute Gasteiger partial charge is 0.350 e. The first-order valence-electron chi connectivity index (χ1n) is 7.32. The maximum absolute atomic E-state index is 12.9. The molecule has 1 aromatic heterocycles. The molecule has 0 saturated heterocycles. The zero-order valence-electron chi connectivity index (χ0n) is 12.7. The zero-order chi connectivity index (χ0) is 16.8. The second kappa shape index (κ2) is 7.20. The van der Waals surface area contributed by atoms with Crippen LogP contribution >= 0.6 is 0 Å². The van der Waals surface area contributed by atoms with Gasteiger partial charge in [-0.15, -0.1) is 0 Å². The van der Waals surface area contributed by atoms with Crippen LogP contribution in [0.3, 0.4) is 0 Å². The number of hydrogen-bond acceptors (Lipinski definition) is 5. The molecule has 2 aromatic carbocycles. The quantitative estimate of drug-likeness (QED) is 0.747. The fourth-order valence-corrected chi connectivity index (χ4v) is 2.12. The Labute approximate surface area is 138 Å². The van der Waals surface area contributed by atoms with Crippen molar-refractivity contribution in [1.82, 2.24) is 9.97 Å². The molecule has 3 rings (SSSR count). The maximum atomic E-state index is 12.9. The molecule has 3 aromatic rings. The van der Waals surface area contributed by atoms with Crippen LogP contribution in [0.2, 0.25) is 0 Å². The van der Waals surface area contributed by atoms with Gasteiger partial charge in [-0.25, -0.2) is 9.37 Å². The highest BCUT2D eigenvalue weighted by Gasteiger charge is 2.04. The standard InChI is InChI=1S/C18H14FN5/c19-15-7-5-13(6-8-15)12-22-18-21-10-9-17(24-18)23-16-4-2-1-3-14(16)11-20/h1-10H,12H2,(H2,21,22,23,24). The zero-order valence-corrected chi connectivity index (χ0v) is 12.7. The number of anilines is 3. The van der Waals surface area contributed by atoms with E-state index in [1.165, 1.54) is 12.1 Å². The number of nitrogens with zero attached hydrogens (tertiary/aromatic N) is 3. The Bertz CT molecular complexity index is 871. The highest BCUT2D eigenvalue weighted by Crippen LogP contribution is 2.19. The molecule has 0 aliphatic carbocycles. The molecule has 0 amide bonds. The van der Waals surface area contributed by atoms with Crippen molar-refractivity contribution < 1.29 is 4.39 Å². The lowest BCUT2D eigenvalue weighted by atomic mass is 10.2. The summed E-state index contributed by atoms with van der Waals surface area (Å²) in [5, 5.41) is 15.3. The minimum absolute atomic E-state index is 0.266. The molecule has 0 atom stereocenters. The molecule has 0 unspecified atom stereocenters. The smallest absolute Gasteiger partial charge is 0.224 e. The van der Waals surface area contributed by atoms with Crippen molar-refractivity contribution in [2.24, 2.45) is 0 Å². The first kappa shape index (κ1) is 15.4. The fraction of sp³-hybridized carbons (Fsp3) is 0.0556. The third kappa shape index (κ3) is 3.84. The molecular weight excluding hydrogens is 305 g/mol. The summed E-state index contributed by atoms with van der Waals surface area (Å²) in [6, 6.07) is 17.3. The van der Waals surface area contributed by atoms with Gasteiger partial charge in [-0.05, 0) is 35.9 Å². The van der Waals surface area contributed by atoms with Gasteiger partial charge in [0.1, 0.15) is 17.7 Å². The second-order valence-electron chi connectivity index (χ2n) is 5.03. The van der Waals surface area contributed by atoms with E-state index in [0.29, 0.717) is 29.6 Å². The Kier molecular flexibility index (Phi) is 4.63. The molecule has 6 heteroatoms. The number of benzene rings is 2. The molecule has 0 spiro atoms. The lowest BCUT2D eigenvalue weighted by molar-refractivity contribution is 0.627. The normalized spacial score (nSPS) is 10.0. The van der Waals surface area contributed by atoms with E-state index in [9.17, 15) is 4.39 Å². The summed E-state index contributed by atoms with van der Waals surface area (Å²) in [5.74, 6) is 0.755. The predicted molar refractivity (Wildman–Crippen MR) is 90.2 cm³/mol. The van der Waals surface area contributed by atoms with Crippen molar-refractivity contribution in [2.75, 3.05) is 10.6 Å². The summed E-state index contributed by atoms with van der Waals surface area (Å²) in [4.78, 5) is 8.51. The molecule has 5 nitrogen and oxygen atoms in total. The first-order chi connectivity index (χ1) is 11.7. The van der Waals surface area contributed by atoms with E-state index < -0.39 is 0 Å². The number of para-hydroxylation sites is 1. The Morgan fingerprint density at radius 1 is 1.04 bits per heavy atom. The van der Waals surface area contributed by atoms with Crippen LogP contribution in [0, 0.1) is 17.1 Å². The summed E-state index contributed by atoms with van der Waals surface area (Å²) < 4.78 is 12.9. The maximum Gasteiger partial charge on any atom is 0.224 e. The highest BCUT2D eigenvalue weighted by atomic mass is 19.1. The van der Waals surface area contributed by atoms with Gasteiger partial charge < -0.3 is 10.6 Å². The number of nitrogens with one attached hydrogen (secondary N) is 2. The van der Waals surface area contributed by atoms with Crippen molar-refractivity contribution >= 4 is 17.5 Å². The van der Waals surface area contributed by atoms with Crippen LogP contribution in [0.1, 0.15) is 11.1 Å². The number of hydrogen-bond donors (Lipinski definition) is 2. The topological polar surface area (TPSA) is 73.6 Å². The van der Waals surface area contributed by atoms with Crippen molar-refractivity contribution in [3.8, 4) is 6.07 Å². The van der Waals surface area contributed by atoms with Gasteiger partial charge in [0.15, 0.2) is 0 Å².